The molecule has 1 aromatic heterocycles. The fraction of sp³-hybridized carbons (Fsp3) is 0.250. The molecule has 0 aliphatic carbocycles. The third-order valence-corrected chi connectivity index (χ3v) is 4.70. The molecule has 0 atom stereocenters. The molecule has 28 heavy (non-hydrogen) atoms. The van der Waals surface area contributed by atoms with Crippen LogP contribution in [0.15, 0.2) is 36.4 Å². The van der Waals surface area contributed by atoms with Crippen molar-refractivity contribution in [3.63, 3.8) is 0 Å². The summed E-state index contributed by atoms with van der Waals surface area (Å²) >= 11 is 5.18. The number of rotatable bonds is 5. The summed E-state index contributed by atoms with van der Waals surface area (Å²) in [4.78, 5) is 12.4. The first-order chi connectivity index (χ1) is 13.3. The van der Waals surface area contributed by atoms with Crippen molar-refractivity contribution in [2.24, 2.45) is 0 Å². The molecule has 8 heteroatoms. The molecule has 0 bridgehead atoms. The van der Waals surface area contributed by atoms with Crippen LogP contribution in [0.4, 0.5) is 8.78 Å². The van der Waals surface area contributed by atoms with Gasteiger partial charge in [0.25, 0.3) is 5.91 Å². The molecule has 1 amide bonds. The predicted molar refractivity (Wildman–Crippen MR) is 105 cm³/mol. The number of hydrogen-bond donors (Lipinski definition) is 2. The van der Waals surface area contributed by atoms with Crippen LogP contribution in [0.3, 0.4) is 0 Å². The van der Waals surface area contributed by atoms with E-state index in [4.69, 9.17) is 12.2 Å². The van der Waals surface area contributed by atoms with Crippen molar-refractivity contribution in [2.45, 2.75) is 33.4 Å². The van der Waals surface area contributed by atoms with Crippen LogP contribution < -0.4 is 5.32 Å². The van der Waals surface area contributed by atoms with Gasteiger partial charge in [-0.2, -0.15) is 5.10 Å². The Morgan fingerprint density at radius 1 is 1.21 bits per heavy atom. The Morgan fingerprint density at radius 2 is 1.93 bits per heavy atom. The van der Waals surface area contributed by atoms with Gasteiger partial charge in [0.2, 0.25) is 0 Å². The van der Waals surface area contributed by atoms with E-state index in [-0.39, 0.29) is 24.0 Å². The third kappa shape index (κ3) is 4.01. The molecule has 0 unspecified atom stereocenters. The molecule has 3 rings (SSSR count). The van der Waals surface area contributed by atoms with E-state index in [1.54, 1.807) is 11.5 Å². The SMILES string of the molecule is Cc1cc(F)ccc1-c1ccc(C(=O)NCc2n[nH]c(=S)n2C(C)C)cc1F. The van der Waals surface area contributed by atoms with Crippen molar-refractivity contribution >= 4 is 18.1 Å². The minimum Gasteiger partial charge on any atom is -0.345 e. The highest BCUT2D eigenvalue weighted by Gasteiger charge is 2.15. The maximum absolute atomic E-state index is 14.6. The highest BCUT2D eigenvalue weighted by molar-refractivity contribution is 7.71. The first-order valence-corrected chi connectivity index (χ1v) is 9.18. The normalized spacial score (nSPS) is 11.1. The van der Waals surface area contributed by atoms with E-state index in [1.807, 2.05) is 13.8 Å². The number of H-pyrrole nitrogens is 1. The van der Waals surface area contributed by atoms with Gasteiger partial charge in [-0.3, -0.25) is 9.89 Å². The molecular formula is C20H20F2N4OS. The van der Waals surface area contributed by atoms with Gasteiger partial charge >= 0.3 is 0 Å². The van der Waals surface area contributed by atoms with Gasteiger partial charge in [0.15, 0.2) is 10.6 Å². The quantitative estimate of drug-likeness (QED) is 0.608. The van der Waals surface area contributed by atoms with Crippen molar-refractivity contribution in [2.75, 3.05) is 0 Å². The van der Waals surface area contributed by atoms with Crippen LogP contribution in [0.5, 0.6) is 0 Å². The number of nitrogens with zero attached hydrogens (tertiary/aromatic N) is 2. The molecule has 5 nitrogen and oxygen atoms in total. The van der Waals surface area contributed by atoms with Crippen LogP contribution in [-0.2, 0) is 6.54 Å². The van der Waals surface area contributed by atoms with E-state index in [9.17, 15) is 13.6 Å². The van der Waals surface area contributed by atoms with Crippen LogP contribution in [0, 0.1) is 23.3 Å². The lowest BCUT2D eigenvalue weighted by Gasteiger charge is -2.12. The van der Waals surface area contributed by atoms with Crippen molar-refractivity contribution < 1.29 is 13.6 Å². The topological polar surface area (TPSA) is 62.7 Å². The van der Waals surface area contributed by atoms with E-state index in [0.29, 0.717) is 27.3 Å². The average molecular weight is 402 g/mol. The minimum absolute atomic E-state index is 0.0915. The zero-order valence-electron chi connectivity index (χ0n) is 15.7. The largest absolute Gasteiger partial charge is 0.345 e. The summed E-state index contributed by atoms with van der Waals surface area (Å²) in [6.07, 6.45) is 0. The summed E-state index contributed by atoms with van der Waals surface area (Å²) in [5.41, 5.74) is 1.70. The molecule has 0 radical (unpaired) electrons. The van der Waals surface area contributed by atoms with Gasteiger partial charge in [-0.25, -0.2) is 8.78 Å². The zero-order valence-corrected chi connectivity index (χ0v) is 16.5. The van der Waals surface area contributed by atoms with Gasteiger partial charge in [-0.1, -0.05) is 12.1 Å². The average Bonchev–Trinajstić information content (AvgIpc) is 3.01. The lowest BCUT2D eigenvalue weighted by molar-refractivity contribution is 0.0949. The van der Waals surface area contributed by atoms with Gasteiger partial charge in [0, 0.05) is 17.2 Å². The van der Waals surface area contributed by atoms with E-state index in [2.05, 4.69) is 15.5 Å². The molecule has 2 N–H and O–H groups in total. The van der Waals surface area contributed by atoms with Crippen molar-refractivity contribution in [3.05, 3.63) is 69.8 Å². The summed E-state index contributed by atoms with van der Waals surface area (Å²) < 4.78 is 30.2. The Balaban J connectivity index is 1.78. The lowest BCUT2D eigenvalue weighted by Crippen LogP contribution is -2.25. The molecule has 1 heterocycles. The number of hydrogen-bond acceptors (Lipinski definition) is 3. The second kappa shape index (κ2) is 8.02. The first-order valence-electron chi connectivity index (χ1n) is 8.78. The van der Waals surface area contributed by atoms with Gasteiger partial charge in [-0.15, -0.1) is 0 Å². The van der Waals surface area contributed by atoms with Crippen LogP contribution in [0.2, 0.25) is 0 Å². The van der Waals surface area contributed by atoms with Crippen LogP contribution >= 0.6 is 12.2 Å². The van der Waals surface area contributed by atoms with E-state index >= 15 is 0 Å². The van der Waals surface area contributed by atoms with Gasteiger partial charge in [0.1, 0.15) is 11.6 Å². The molecule has 3 aromatic rings. The van der Waals surface area contributed by atoms with Crippen LogP contribution in [0.25, 0.3) is 11.1 Å². The summed E-state index contributed by atoms with van der Waals surface area (Å²) in [6.45, 7) is 5.79. The van der Waals surface area contributed by atoms with Crippen LogP contribution in [-0.4, -0.2) is 20.7 Å². The fourth-order valence-corrected chi connectivity index (χ4v) is 3.42. The highest BCUT2D eigenvalue weighted by Crippen LogP contribution is 2.27. The first kappa shape index (κ1) is 19.9. The second-order valence-corrected chi connectivity index (χ2v) is 7.13. The van der Waals surface area contributed by atoms with Crippen LogP contribution in [0.1, 0.15) is 41.6 Å². The van der Waals surface area contributed by atoms with E-state index in [1.165, 1.54) is 36.4 Å². The van der Waals surface area contributed by atoms with Gasteiger partial charge in [-0.05, 0) is 68.4 Å². The van der Waals surface area contributed by atoms with Crippen molar-refractivity contribution in [3.8, 4) is 11.1 Å². The summed E-state index contributed by atoms with van der Waals surface area (Å²) in [7, 11) is 0. The molecule has 146 valence electrons. The lowest BCUT2D eigenvalue weighted by atomic mass is 9.98. The Labute approximate surface area is 166 Å². The molecule has 0 saturated carbocycles. The smallest absolute Gasteiger partial charge is 0.251 e. The minimum atomic E-state index is -0.549. The molecule has 0 aliphatic rings. The zero-order chi connectivity index (χ0) is 20.4. The molecule has 2 aromatic carbocycles. The maximum Gasteiger partial charge on any atom is 0.251 e. The van der Waals surface area contributed by atoms with E-state index < -0.39 is 11.7 Å². The van der Waals surface area contributed by atoms with Gasteiger partial charge < -0.3 is 9.88 Å². The third-order valence-electron chi connectivity index (χ3n) is 4.41. The molecule has 0 aliphatic heterocycles. The Bertz CT molecular complexity index is 1090. The van der Waals surface area contributed by atoms with Crippen molar-refractivity contribution in [1.29, 1.82) is 0 Å². The summed E-state index contributed by atoms with van der Waals surface area (Å²) in [5.74, 6) is -0.762. The Hall–Kier alpha value is -2.87. The number of aromatic nitrogens is 3. The Morgan fingerprint density at radius 3 is 2.57 bits per heavy atom. The number of aromatic amines is 1. The summed E-state index contributed by atoms with van der Waals surface area (Å²) in [6, 6.07) is 8.48. The fourth-order valence-electron chi connectivity index (χ4n) is 3.06. The summed E-state index contributed by atoms with van der Waals surface area (Å²) in [5, 5.41) is 9.55. The number of benzene rings is 2. The monoisotopic (exact) mass is 402 g/mol. The standard InChI is InChI=1S/C20H20F2N4OS/c1-11(2)26-18(24-25-20(26)28)10-23-19(27)13-4-6-16(17(22)9-13)15-7-5-14(21)8-12(15)3/h4-9,11H,10H2,1-3H3,(H,23,27)(H,25,28). The second-order valence-electron chi connectivity index (χ2n) is 6.75. The maximum atomic E-state index is 14.6. The number of carbonyl (C=O) groups excluding carboxylic acids is 1. The predicted octanol–water partition coefficient (Wildman–Crippen LogP) is 4.71. The number of amides is 1. The molecule has 0 spiro atoms. The molecular weight excluding hydrogens is 382 g/mol. The Kier molecular flexibility index (Phi) is 5.69. The van der Waals surface area contributed by atoms with Gasteiger partial charge in [0.05, 0.1) is 6.54 Å². The van der Waals surface area contributed by atoms with Crippen molar-refractivity contribution in [1.82, 2.24) is 20.1 Å². The van der Waals surface area contributed by atoms with E-state index in [0.717, 1.165) is 0 Å². The molecule has 0 fully saturated rings. The number of halogens is 2. The highest BCUT2D eigenvalue weighted by atomic mass is 32.1. The number of aryl methyl sites for hydroxylation is 1. The number of nitrogens with one attached hydrogen (secondary N) is 2. The number of carbonyl (C=O) groups is 1. The molecule has 0 saturated heterocycles.